The topological polar surface area (TPSA) is 26.6 Å². The molecule has 65 valence electrons. The van der Waals surface area contributed by atoms with Crippen molar-refractivity contribution in [2.24, 2.45) is 0 Å². The number of likely N-dealkylation sites (N-methyl/N-ethyl adjacent to an activating group) is 1. The van der Waals surface area contributed by atoms with Crippen molar-refractivity contribution in [1.29, 1.82) is 0 Å². The van der Waals surface area contributed by atoms with Gasteiger partial charge in [-0.1, -0.05) is 0 Å². The molecule has 1 heterocycles. The number of methoxy groups -OCH3 is 1. The number of hydrogen-bond acceptors (Lipinski definition) is 2. The van der Waals surface area contributed by atoms with Gasteiger partial charge in [-0.2, -0.15) is 0 Å². The quantitative estimate of drug-likeness (QED) is 0.574. The molecular weight excluding hydrogens is 140 g/mol. The summed E-state index contributed by atoms with van der Waals surface area (Å²) in [5, 5.41) is 4.31. The van der Waals surface area contributed by atoms with E-state index in [9.17, 15) is 0 Å². The van der Waals surface area contributed by atoms with E-state index in [0.29, 0.717) is 0 Å². The molecule has 1 radical (unpaired) electrons. The first kappa shape index (κ1) is 8.97. The van der Waals surface area contributed by atoms with Crippen molar-refractivity contribution < 1.29 is 4.74 Å². The Morgan fingerprint density at radius 2 is 2.27 bits per heavy atom. The van der Waals surface area contributed by atoms with Gasteiger partial charge >= 0.3 is 0 Å². The van der Waals surface area contributed by atoms with Gasteiger partial charge < -0.3 is 9.64 Å². The largest absolute Gasteiger partial charge is 0.375 e. The second-order valence-corrected chi connectivity index (χ2v) is 3.48. The Bertz CT molecular complexity index is 119. The predicted molar refractivity (Wildman–Crippen MR) is 44.8 cm³/mol. The van der Waals surface area contributed by atoms with Gasteiger partial charge in [-0.05, 0) is 20.5 Å². The highest BCUT2D eigenvalue weighted by Crippen LogP contribution is 2.20. The van der Waals surface area contributed by atoms with Crippen LogP contribution >= 0.6 is 0 Å². The average molecular weight is 157 g/mol. The molecule has 1 fully saturated rings. The first-order chi connectivity index (χ1) is 5.18. The van der Waals surface area contributed by atoms with E-state index < -0.39 is 0 Å². The lowest BCUT2D eigenvalue weighted by molar-refractivity contribution is -0.0116. The van der Waals surface area contributed by atoms with Crippen LogP contribution in [0.4, 0.5) is 0 Å². The molecule has 0 aromatic carbocycles. The summed E-state index contributed by atoms with van der Waals surface area (Å²) in [5.74, 6) is 0. The molecule has 1 aliphatic heterocycles. The Morgan fingerprint density at radius 3 is 2.64 bits per heavy atom. The fraction of sp³-hybridized carbons (Fsp3) is 1.00. The van der Waals surface area contributed by atoms with Gasteiger partial charge in [0.2, 0.25) is 0 Å². The predicted octanol–water partition coefficient (Wildman–Crippen LogP) is -0.0587. The molecule has 3 nitrogen and oxygen atoms in total. The van der Waals surface area contributed by atoms with Crippen LogP contribution in [0.5, 0.6) is 0 Å². The standard InChI is InChI=1S/C8H17N2O/c1-10(2)7-8(11-3)4-5-9-6-8/h4-7H2,1-3H3. The minimum Gasteiger partial charge on any atom is -0.375 e. The van der Waals surface area contributed by atoms with E-state index in [1.54, 1.807) is 7.11 Å². The maximum absolute atomic E-state index is 5.47. The van der Waals surface area contributed by atoms with Crippen LogP contribution in [0.25, 0.3) is 0 Å². The van der Waals surface area contributed by atoms with Crippen LogP contribution in [0.1, 0.15) is 6.42 Å². The van der Waals surface area contributed by atoms with E-state index in [-0.39, 0.29) is 5.60 Å². The van der Waals surface area contributed by atoms with Crippen LogP contribution in [0.2, 0.25) is 0 Å². The zero-order valence-electron chi connectivity index (χ0n) is 7.63. The third kappa shape index (κ3) is 2.15. The van der Waals surface area contributed by atoms with Gasteiger partial charge in [0.05, 0.1) is 5.60 Å². The number of hydrogen-bond donors (Lipinski definition) is 0. The zero-order chi connectivity index (χ0) is 8.32. The molecule has 1 atom stereocenters. The number of nitrogens with zero attached hydrogens (tertiary/aromatic N) is 2. The van der Waals surface area contributed by atoms with Crippen molar-refractivity contribution in [2.75, 3.05) is 40.8 Å². The lowest BCUT2D eigenvalue weighted by atomic mass is 10.0. The minimum absolute atomic E-state index is 0.0174. The fourth-order valence-corrected chi connectivity index (χ4v) is 1.58. The van der Waals surface area contributed by atoms with E-state index >= 15 is 0 Å². The number of ether oxygens (including phenoxy) is 1. The van der Waals surface area contributed by atoms with E-state index in [0.717, 1.165) is 26.1 Å². The van der Waals surface area contributed by atoms with Gasteiger partial charge in [0, 0.05) is 26.7 Å². The molecule has 0 saturated carbocycles. The summed E-state index contributed by atoms with van der Waals surface area (Å²) in [6.45, 7) is 2.80. The summed E-state index contributed by atoms with van der Waals surface area (Å²) < 4.78 is 5.47. The van der Waals surface area contributed by atoms with Crippen molar-refractivity contribution >= 4 is 0 Å². The number of rotatable bonds is 3. The summed E-state index contributed by atoms with van der Waals surface area (Å²) in [4.78, 5) is 2.16. The van der Waals surface area contributed by atoms with Gasteiger partial charge in [0.15, 0.2) is 0 Å². The summed E-state index contributed by atoms with van der Waals surface area (Å²) in [7, 11) is 5.92. The Hall–Kier alpha value is -0.120. The average Bonchev–Trinajstić information content (AvgIpc) is 2.36. The molecule has 0 bridgehead atoms. The monoisotopic (exact) mass is 157 g/mol. The van der Waals surface area contributed by atoms with Crippen LogP contribution in [-0.2, 0) is 4.74 Å². The van der Waals surface area contributed by atoms with E-state index in [2.05, 4.69) is 24.3 Å². The Kier molecular flexibility index (Phi) is 2.87. The SMILES string of the molecule is COC1(CN(C)C)CC[N]C1. The molecule has 0 N–H and O–H groups in total. The third-order valence-electron chi connectivity index (χ3n) is 2.16. The van der Waals surface area contributed by atoms with Crippen molar-refractivity contribution in [3.63, 3.8) is 0 Å². The van der Waals surface area contributed by atoms with Gasteiger partial charge in [-0.15, -0.1) is 0 Å². The van der Waals surface area contributed by atoms with Crippen molar-refractivity contribution in [3.8, 4) is 0 Å². The molecule has 0 spiro atoms. The maximum Gasteiger partial charge on any atom is 0.0957 e. The second-order valence-electron chi connectivity index (χ2n) is 3.48. The highest BCUT2D eigenvalue weighted by atomic mass is 16.5. The van der Waals surface area contributed by atoms with Gasteiger partial charge in [0.25, 0.3) is 0 Å². The van der Waals surface area contributed by atoms with E-state index in [4.69, 9.17) is 4.74 Å². The molecular formula is C8H17N2O. The van der Waals surface area contributed by atoms with Crippen LogP contribution in [0.15, 0.2) is 0 Å². The first-order valence-corrected chi connectivity index (χ1v) is 4.02. The summed E-state index contributed by atoms with van der Waals surface area (Å²) >= 11 is 0. The van der Waals surface area contributed by atoms with Crippen LogP contribution in [0.3, 0.4) is 0 Å². The smallest absolute Gasteiger partial charge is 0.0957 e. The van der Waals surface area contributed by atoms with Gasteiger partial charge in [-0.25, -0.2) is 5.32 Å². The molecule has 1 saturated heterocycles. The highest BCUT2D eigenvalue weighted by Gasteiger charge is 2.34. The Balaban J connectivity index is 2.45. The van der Waals surface area contributed by atoms with Crippen molar-refractivity contribution in [3.05, 3.63) is 0 Å². The van der Waals surface area contributed by atoms with Crippen LogP contribution in [-0.4, -0.2) is 51.3 Å². The molecule has 1 rings (SSSR count). The molecule has 0 aromatic heterocycles. The zero-order valence-corrected chi connectivity index (χ0v) is 7.63. The summed E-state index contributed by atoms with van der Waals surface area (Å²) in [6.07, 6.45) is 1.07. The summed E-state index contributed by atoms with van der Waals surface area (Å²) in [5.41, 5.74) is 0.0174. The normalized spacial score (nSPS) is 31.6. The third-order valence-corrected chi connectivity index (χ3v) is 2.16. The molecule has 3 heteroatoms. The Morgan fingerprint density at radius 1 is 1.55 bits per heavy atom. The molecule has 1 aliphatic rings. The molecule has 1 unspecified atom stereocenters. The van der Waals surface area contributed by atoms with Gasteiger partial charge in [-0.3, -0.25) is 0 Å². The first-order valence-electron chi connectivity index (χ1n) is 4.02. The lowest BCUT2D eigenvalue weighted by Gasteiger charge is -2.29. The fourth-order valence-electron chi connectivity index (χ4n) is 1.58. The van der Waals surface area contributed by atoms with Crippen LogP contribution < -0.4 is 5.32 Å². The van der Waals surface area contributed by atoms with E-state index in [1.165, 1.54) is 0 Å². The van der Waals surface area contributed by atoms with Crippen LogP contribution in [0, 0.1) is 0 Å². The minimum atomic E-state index is 0.0174. The van der Waals surface area contributed by atoms with Gasteiger partial charge in [0.1, 0.15) is 0 Å². The summed E-state index contributed by atoms with van der Waals surface area (Å²) in [6, 6.07) is 0. The maximum atomic E-state index is 5.47. The van der Waals surface area contributed by atoms with Crippen molar-refractivity contribution in [1.82, 2.24) is 10.2 Å². The van der Waals surface area contributed by atoms with Crippen molar-refractivity contribution in [2.45, 2.75) is 12.0 Å². The second kappa shape index (κ2) is 3.52. The highest BCUT2D eigenvalue weighted by molar-refractivity contribution is 4.90. The lowest BCUT2D eigenvalue weighted by Crippen LogP contribution is -2.43. The molecule has 0 aliphatic carbocycles. The molecule has 11 heavy (non-hydrogen) atoms. The van der Waals surface area contributed by atoms with E-state index in [1.807, 2.05) is 0 Å². The molecule has 0 amide bonds. The molecule has 0 aromatic rings. The Labute approximate surface area is 68.7 Å².